The molecule has 0 aliphatic rings. The van der Waals surface area contributed by atoms with Gasteiger partial charge in [-0.3, -0.25) is 0 Å². The molecule has 12 heteroatoms. The van der Waals surface area contributed by atoms with Crippen LogP contribution in [-0.4, -0.2) is 18.0 Å². The van der Waals surface area contributed by atoms with Crippen molar-refractivity contribution in [2.75, 3.05) is 12.3 Å². The van der Waals surface area contributed by atoms with Crippen LogP contribution in [-0.2, 0) is 13.7 Å². The summed E-state index contributed by atoms with van der Waals surface area (Å²) >= 11 is 0. The van der Waals surface area contributed by atoms with E-state index in [0.717, 1.165) is 0 Å². The number of hydrogen-bond donors (Lipinski definition) is 0. The lowest BCUT2D eigenvalue weighted by atomic mass is 10.5. The summed E-state index contributed by atoms with van der Waals surface area (Å²) in [4.78, 5) is 61.3. The van der Waals surface area contributed by atoms with Crippen molar-refractivity contribution in [1.82, 2.24) is 0 Å². The molecule has 0 heterocycles. The van der Waals surface area contributed by atoms with Gasteiger partial charge in [-0.2, -0.15) is 0 Å². The van der Waals surface area contributed by atoms with E-state index in [1.807, 2.05) is 0 Å². The lowest BCUT2D eigenvalue weighted by Gasteiger charge is -2.47. The number of hydrogen-bond acceptors (Lipinski definition) is 9. The van der Waals surface area contributed by atoms with Crippen LogP contribution in [0, 0.1) is 0 Å². The minimum Gasteiger partial charge on any atom is -0.811 e. The average Bonchev–Trinajstić information content (AvgIpc) is 1.75. The molecule has 9 nitrogen and oxygen atoms in total. The second-order valence-corrected chi connectivity index (χ2v) is 7.76. The molecule has 0 aliphatic carbocycles. The predicted octanol–water partition coefficient (Wildman–Crippen LogP) is -4.90. The first kappa shape index (κ1) is 15.4. The molecule has 0 fully saturated rings. The minimum absolute atomic E-state index is 1.69. The molecule has 0 N–H and O–H groups in total. The minimum atomic E-state index is -5.61. The van der Waals surface area contributed by atoms with Gasteiger partial charge in [-0.05, 0) is 18.0 Å². The fraction of sp³-hybridized carbons (Fsp3) is 1.00. The zero-order chi connectivity index (χ0) is 12.5. The van der Waals surface area contributed by atoms with E-state index in [-0.39, 0.29) is 0 Å². The van der Waals surface area contributed by atoms with Crippen LogP contribution in [0.3, 0.4) is 0 Å². The van der Waals surface area contributed by atoms with Crippen molar-refractivity contribution < 1.29 is 43.1 Å². The zero-order valence-corrected chi connectivity index (χ0v) is 9.69. The van der Waals surface area contributed by atoms with E-state index in [1.54, 1.807) is 0 Å². The van der Waals surface area contributed by atoms with Crippen molar-refractivity contribution in [3.8, 4) is 0 Å². The monoisotopic (exact) mass is 278 g/mol. The molecule has 0 saturated carbocycles. The van der Waals surface area contributed by atoms with Crippen molar-refractivity contribution in [1.29, 1.82) is 0 Å². The van der Waals surface area contributed by atoms with Crippen molar-refractivity contribution in [3.05, 3.63) is 0 Å². The Morgan fingerprint density at radius 1 is 0.733 bits per heavy atom. The summed E-state index contributed by atoms with van der Waals surface area (Å²) in [6.45, 7) is 0. The molecule has 0 aromatic carbocycles. The van der Waals surface area contributed by atoms with Gasteiger partial charge in [0.2, 0.25) is 0 Å². The van der Waals surface area contributed by atoms with Crippen LogP contribution in [0.25, 0.3) is 0 Å². The molecule has 0 aromatic heterocycles. The quantitative estimate of drug-likeness (QED) is 0.443. The molecule has 92 valence electrons. The third kappa shape index (κ3) is 8.28. The molecule has 0 bridgehead atoms. The van der Waals surface area contributed by atoms with Gasteiger partial charge in [-0.25, -0.2) is 0 Å². The van der Waals surface area contributed by atoms with Gasteiger partial charge in [0.1, 0.15) is 0 Å². The summed E-state index contributed by atoms with van der Waals surface area (Å²) in [6.07, 6.45) is -3.38. The van der Waals surface area contributed by atoms with Gasteiger partial charge in [0.25, 0.3) is 0 Å². The van der Waals surface area contributed by atoms with Gasteiger partial charge in [0, 0.05) is 0 Å². The van der Waals surface area contributed by atoms with Gasteiger partial charge in [0.15, 0.2) is 0 Å². The topological polar surface area (TPSA) is 190 Å². The highest BCUT2D eigenvalue weighted by molar-refractivity contribution is 7.56. The summed E-state index contributed by atoms with van der Waals surface area (Å²) < 4.78 is 30.7. The second kappa shape index (κ2) is 4.75. The smallest absolute Gasteiger partial charge is 0.00420 e. The summed E-state index contributed by atoms with van der Waals surface area (Å²) in [6, 6.07) is 0. The van der Waals surface area contributed by atoms with Gasteiger partial charge in [-0.15, -0.1) is 0 Å². The van der Waals surface area contributed by atoms with Crippen LogP contribution >= 0.6 is 22.8 Å². The van der Waals surface area contributed by atoms with E-state index < -0.39 is 40.8 Å². The largest absolute Gasteiger partial charge is 0.811 e. The lowest BCUT2D eigenvalue weighted by molar-refractivity contribution is -0.326. The second-order valence-electron chi connectivity index (χ2n) is 2.78. The molecule has 0 amide bonds. The lowest BCUT2D eigenvalue weighted by Crippen LogP contribution is -2.37. The van der Waals surface area contributed by atoms with E-state index in [1.165, 1.54) is 0 Å². The molecule has 0 atom stereocenters. The van der Waals surface area contributed by atoms with Crippen LogP contribution in [0.1, 0.15) is 0 Å². The van der Waals surface area contributed by atoms with Crippen LogP contribution < -0.4 is 29.4 Å². The van der Waals surface area contributed by atoms with Crippen molar-refractivity contribution >= 4 is 22.8 Å². The van der Waals surface area contributed by atoms with Crippen LogP contribution in [0.15, 0.2) is 0 Å². The normalized spacial score (nSPS) is 14.6. The van der Waals surface area contributed by atoms with Gasteiger partial charge >= 0.3 is 0 Å². The van der Waals surface area contributed by atoms with Gasteiger partial charge in [0.05, 0.1) is 0 Å². The molecule has 0 rings (SSSR count). The Morgan fingerprint density at radius 3 is 1.13 bits per heavy atom. The molecule has 15 heavy (non-hydrogen) atoms. The van der Waals surface area contributed by atoms with Crippen molar-refractivity contribution in [3.63, 3.8) is 0 Å². The number of rotatable bonds is 5. The maximum Gasteiger partial charge on any atom is -0.00420 e. The van der Waals surface area contributed by atoms with E-state index in [4.69, 9.17) is 0 Å². The zero-order valence-electron chi connectivity index (χ0n) is 7.01. The van der Waals surface area contributed by atoms with Crippen molar-refractivity contribution in [2.24, 2.45) is 0 Å². The van der Waals surface area contributed by atoms with E-state index in [2.05, 4.69) is 0 Å². The molecule has 0 aromatic rings. The SMILES string of the molecule is O=P([O-])([O-])CC(CP(=O)([O-])[O-])P(=O)([O-])[O-]. The Morgan fingerprint density at radius 2 is 1.00 bits per heavy atom. The first-order chi connectivity index (χ1) is 6.31. The fourth-order valence-electron chi connectivity index (χ4n) is 0.774. The van der Waals surface area contributed by atoms with E-state index >= 15 is 0 Å². The summed E-state index contributed by atoms with van der Waals surface area (Å²) in [7, 11) is -16.4. The van der Waals surface area contributed by atoms with Crippen LogP contribution in [0.4, 0.5) is 0 Å². The average molecular weight is 278 g/mol. The molecule has 0 saturated heterocycles. The first-order valence-corrected chi connectivity index (χ1v) is 8.42. The Balaban J connectivity index is 4.86. The highest BCUT2D eigenvalue weighted by Crippen LogP contribution is 2.44. The molecule has 0 spiro atoms. The summed E-state index contributed by atoms with van der Waals surface area (Å²) in [5.74, 6) is 0. The Bertz CT molecular complexity index is 320. The third-order valence-corrected chi connectivity index (χ3v) is 4.93. The molecular formula is C3H5O9P3-6. The fourth-order valence-corrected chi connectivity index (χ4v) is 5.07. The maximum atomic E-state index is 10.4. The Labute approximate surface area is 84.6 Å². The third-order valence-electron chi connectivity index (χ3n) is 1.32. The van der Waals surface area contributed by atoms with Crippen LogP contribution in [0.2, 0.25) is 0 Å². The van der Waals surface area contributed by atoms with Crippen LogP contribution in [0.5, 0.6) is 0 Å². The maximum absolute atomic E-state index is 10.4. The summed E-state index contributed by atoms with van der Waals surface area (Å²) in [5.41, 5.74) is -2.51. The standard InChI is InChI=1S/C3H11O9P3/c4-13(5,6)1-3(15(10,11)12)2-14(7,8)9/h3H,1-2H2,(H2,4,5,6)(H2,7,8,9)(H2,10,11,12)/p-6. The molecule has 0 unspecified atom stereocenters. The molecule has 0 radical (unpaired) electrons. The summed E-state index contributed by atoms with van der Waals surface area (Å²) in [5, 5.41) is 0. The predicted molar refractivity (Wildman–Crippen MR) is 36.3 cm³/mol. The Hall–Kier alpha value is 0.450. The highest BCUT2D eigenvalue weighted by Gasteiger charge is 2.16. The first-order valence-electron chi connectivity index (χ1n) is 3.35. The van der Waals surface area contributed by atoms with Gasteiger partial charge in [-0.1, -0.05) is 22.8 Å². The highest BCUT2D eigenvalue weighted by atomic mass is 31.2. The molecule has 0 aliphatic heterocycles. The Kier molecular flexibility index (Phi) is 4.90. The molecular weight excluding hydrogens is 273 g/mol. The van der Waals surface area contributed by atoms with Gasteiger partial charge < -0.3 is 43.1 Å². The van der Waals surface area contributed by atoms with Crippen molar-refractivity contribution in [2.45, 2.75) is 5.66 Å². The van der Waals surface area contributed by atoms with E-state index in [0.29, 0.717) is 0 Å². The van der Waals surface area contributed by atoms with E-state index in [9.17, 15) is 43.1 Å².